The van der Waals surface area contributed by atoms with Gasteiger partial charge in [0, 0.05) is 36.9 Å². The molecule has 3 aromatic heterocycles. The van der Waals surface area contributed by atoms with E-state index in [1.54, 1.807) is 29.8 Å². The molecule has 8 heteroatoms. The molecule has 0 unspecified atom stereocenters. The first kappa shape index (κ1) is 15.4. The number of aryl methyl sites for hydroxylation is 1. The molecule has 4 aromatic rings. The van der Waals surface area contributed by atoms with Gasteiger partial charge in [0.2, 0.25) is 0 Å². The van der Waals surface area contributed by atoms with Crippen LogP contribution in [0.3, 0.4) is 0 Å². The Morgan fingerprint density at radius 2 is 1.96 bits per heavy atom. The lowest BCUT2D eigenvalue weighted by Crippen LogP contribution is -2.13. The third-order valence-corrected chi connectivity index (χ3v) is 5.00. The number of hydrogen-bond acceptors (Lipinski definition) is 4. The third-order valence-electron chi connectivity index (χ3n) is 3.73. The minimum atomic E-state index is -3.72. The van der Waals surface area contributed by atoms with E-state index in [1.807, 2.05) is 41.1 Å². The highest BCUT2D eigenvalue weighted by Gasteiger charge is 2.17. The van der Waals surface area contributed by atoms with Crippen molar-refractivity contribution in [2.75, 3.05) is 4.72 Å². The average Bonchev–Trinajstić information content (AvgIpc) is 3.21. The molecule has 0 saturated heterocycles. The molecule has 7 nitrogen and oxygen atoms in total. The maximum Gasteiger partial charge on any atom is 0.280 e. The van der Waals surface area contributed by atoms with Crippen molar-refractivity contribution in [3.8, 4) is 11.3 Å². The van der Waals surface area contributed by atoms with E-state index in [-0.39, 0.29) is 5.03 Å². The van der Waals surface area contributed by atoms with Crippen LogP contribution in [0.1, 0.15) is 0 Å². The zero-order valence-corrected chi connectivity index (χ0v) is 14.2. The molecular formula is C17H15N5O2S. The van der Waals surface area contributed by atoms with Gasteiger partial charge in [0.15, 0.2) is 5.03 Å². The van der Waals surface area contributed by atoms with E-state index in [1.165, 1.54) is 12.5 Å². The smallest absolute Gasteiger partial charge is 0.280 e. The Balaban J connectivity index is 1.67. The van der Waals surface area contributed by atoms with Crippen LogP contribution in [0.25, 0.3) is 16.9 Å². The quantitative estimate of drug-likeness (QED) is 0.611. The summed E-state index contributed by atoms with van der Waals surface area (Å²) in [6.45, 7) is 0. The fourth-order valence-electron chi connectivity index (χ4n) is 2.55. The van der Waals surface area contributed by atoms with Crippen LogP contribution in [-0.4, -0.2) is 27.4 Å². The number of rotatable bonds is 4. The predicted molar refractivity (Wildman–Crippen MR) is 94.6 cm³/mol. The zero-order valence-electron chi connectivity index (χ0n) is 13.4. The van der Waals surface area contributed by atoms with Crippen LogP contribution < -0.4 is 4.72 Å². The van der Waals surface area contributed by atoms with Gasteiger partial charge in [0.1, 0.15) is 5.65 Å². The standard InChI is InChI=1S/C17H15N5O2S/c1-21-11-17(18-12-21)25(23,24)20-14-6-4-5-13(9-14)15-10-22-8-3-2-7-16(22)19-15/h2-12,20H,1H3. The van der Waals surface area contributed by atoms with Crippen molar-refractivity contribution in [2.24, 2.45) is 7.05 Å². The largest absolute Gasteiger partial charge is 0.339 e. The zero-order chi connectivity index (χ0) is 17.4. The second-order valence-electron chi connectivity index (χ2n) is 5.66. The summed E-state index contributed by atoms with van der Waals surface area (Å²) in [6.07, 6.45) is 6.72. The molecule has 0 fully saturated rings. The highest BCUT2D eigenvalue weighted by atomic mass is 32.2. The molecule has 126 valence electrons. The van der Waals surface area contributed by atoms with Crippen molar-refractivity contribution in [3.05, 3.63) is 67.4 Å². The van der Waals surface area contributed by atoms with Crippen molar-refractivity contribution in [1.82, 2.24) is 18.9 Å². The summed E-state index contributed by atoms with van der Waals surface area (Å²) in [6, 6.07) is 12.9. The number of nitrogens with one attached hydrogen (secondary N) is 1. The number of imidazole rings is 2. The SMILES string of the molecule is Cn1cnc(S(=O)(=O)Nc2cccc(-c3cn4ccccc4n3)c2)c1. The summed E-state index contributed by atoms with van der Waals surface area (Å²) in [5, 5.41) is -0.0202. The number of fused-ring (bicyclic) bond motifs is 1. The molecule has 3 heterocycles. The first-order valence-corrected chi connectivity index (χ1v) is 9.04. The lowest BCUT2D eigenvalue weighted by Gasteiger charge is -2.07. The monoisotopic (exact) mass is 353 g/mol. The van der Waals surface area contributed by atoms with Crippen molar-refractivity contribution in [2.45, 2.75) is 5.03 Å². The fraction of sp³-hybridized carbons (Fsp3) is 0.0588. The number of benzene rings is 1. The molecule has 1 N–H and O–H groups in total. The molecule has 0 aliphatic rings. The number of aromatic nitrogens is 4. The van der Waals surface area contributed by atoms with Gasteiger partial charge in [-0.05, 0) is 24.3 Å². The van der Waals surface area contributed by atoms with E-state index in [4.69, 9.17) is 0 Å². The van der Waals surface area contributed by atoms with Crippen LogP contribution in [0.5, 0.6) is 0 Å². The Hall–Kier alpha value is -3.13. The van der Waals surface area contributed by atoms with Crippen molar-refractivity contribution < 1.29 is 8.42 Å². The molecule has 0 spiro atoms. The van der Waals surface area contributed by atoms with Gasteiger partial charge in [-0.25, -0.2) is 9.97 Å². The maximum absolute atomic E-state index is 12.4. The number of nitrogens with zero attached hydrogens (tertiary/aromatic N) is 4. The highest BCUT2D eigenvalue weighted by molar-refractivity contribution is 7.92. The second-order valence-corrected chi connectivity index (χ2v) is 7.29. The summed E-state index contributed by atoms with van der Waals surface area (Å²) in [5.41, 5.74) is 2.88. The Bertz CT molecular complexity index is 1130. The predicted octanol–water partition coefficient (Wildman–Crippen LogP) is 2.54. The number of anilines is 1. The Labute approximate surface area is 144 Å². The molecule has 4 rings (SSSR count). The molecule has 25 heavy (non-hydrogen) atoms. The molecule has 0 atom stereocenters. The Morgan fingerprint density at radius 1 is 1.08 bits per heavy atom. The first-order chi connectivity index (χ1) is 12.0. The molecule has 1 aromatic carbocycles. The third kappa shape index (κ3) is 2.99. The van der Waals surface area contributed by atoms with Gasteiger partial charge in [0.05, 0.1) is 12.0 Å². The van der Waals surface area contributed by atoms with E-state index in [2.05, 4.69) is 14.7 Å². The van der Waals surface area contributed by atoms with Gasteiger partial charge in [-0.1, -0.05) is 18.2 Å². The normalized spacial score (nSPS) is 11.7. The van der Waals surface area contributed by atoms with Crippen molar-refractivity contribution in [1.29, 1.82) is 0 Å². The van der Waals surface area contributed by atoms with Crippen LogP contribution in [0, 0.1) is 0 Å². The minimum Gasteiger partial charge on any atom is -0.339 e. The van der Waals surface area contributed by atoms with Crippen molar-refractivity contribution >= 4 is 21.4 Å². The van der Waals surface area contributed by atoms with Crippen LogP contribution in [-0.2, 0) is 17.1 Å². The van der Waals surface area contributed by atoms with Crippen LogP contribution in [0.2, 0.25) is 0 Å². The van der Waals surface area contributed by atoms with Crippen LogP contribution >= 0.6 is 0 Å². The Kier molecular flexibility index (Phi) is 3.54. The summed E-state index contributed by atoms with van der Waals surface area (Å²) in [5.74, 6) is 0. The van der Waals surface area contributed by atoms with Crippen LogP contribution in [0.4, 0.5) is 5.69 Å². The van der Waals surface area contributed by atoms with E-state index < -0.39 is 10.0 Å². The van der Waals surface area contributed by atoms with E-state index in [0.29, 0.717) is 5.69 Å². The molecule has 0 aliphatic carbocycles. The van der Waals surface area contributed by atoms with Gasteiger partial charge in [-0.15, -0.1) is 0 Å². The molecule has 0 saturated carbocycles. The number of sulfonamides is 1. The molecule has 0 radical (unpaired) electrons. The minimum absolute atomic E-state index is 0.0202. The van der Waals surface area contributed by atoms with Gasteiger partial charge in [0.25, 0.3) is 10.0 Å². The summed E-state index contributed by atoms with van der Waals surface area (Å²) in [7, 11) is -2.01. The maximum atomic E-state index is 12.4. The number of pyridine rings is 1. The number of hydrogen-bond donors (Lipinski definition) is 1. The average molecular weight is 353 g/mol. The molecular weight excluding hydrogens is 338 g/mol. The summed E-state index contributed by atoms with van der Waals surface area (Å²) < 4.78 is 30.8. The van der Waals surface area contributed by atoms with Crippen LogP contribution in [0.15, 0.2) is 72.4 Å². The summed E-state index contributed by atoms with van der Waals surface area (Å²) in [4.78, 5) is 8.44. The fourth-order valence-corrected chi connectivity index (χ4v) is 3.58. The van der Waals surface area contributed by atoms with E-state index >= 15 is 0 Å². The topological polar surface area (TPSA) is 81.3 Å². The van der Waals surface area contributed by atoms with Gasteiger partial charge in [-0.3, -0.25) is 4.72 Å². The highest BCUT2D eigenvalue weighted by Crippen LogP contribution is 2.23. The van der Waals surface area contributed by atoms with Gasteiger partial charge in [-0.2, -0.15) is 8.42 Å². The molecule has 0 amide bonds. The van der Waals surface area contributed by atoms with E-state index in [9.17, 15) is 8.42 Å². The first-order valence-electron chi connectivity index (χ1n) is 7.56. The second kappa shape index (κ2) is 5.75. The molecule has 0 aliphatic heterocycles. The Morgan fingerprint density at radius 3 is 2.72 bits per heavy atom. The van der Waals surface area contributed by atoms with E-state index in [0.717, 1.165) is 16.9 Å². The van der Waals surface area contributed by atoms with Gasteiger partial charge < -0.3 is 8.97 Å². The molecule has 0 bridgehead atoms. The lowest BCUT2D eigenvalue weighted by atomic mass is 10.1. The summed E-state index contributed by atoms with van der Waals surface area (Å²) >= 11 is 0. The van der Waals surface area contributed by atoms with Crippen molar-refractivity contribution in [3.63, 3.8) is 0 Å². The lowest BCUT2D eigenvalue weighted by molar-refractivity contribution is 0.598. The van der Waals surface area contributed by atoms with Gasteiger partial charge >= 0.3 is 0 Å².